The molecule has 1 aliphatic rings. The van der Waals surface area contributed by atoms with Gasteiger partial charge in [0.25, 0.3) is 0 Å². The van der Waals surface area contributed by atoms with Gasteiger partial charge in [0.1, 0.15) is 5.82 Å². The fourth-order valence-electron chi connectivity index (χ4n) is 3.93. The summed E-state index contributed by atoms with van der Waals surface area (Å²) < 4.78 is 20.7. The zero-order chi connectivity index (χ0) is 20.5. The molecule has 1 fully saturated rings. The minimum atomic E-state index is -0.278. The molecule has 2 aromatic heterocycles. The minimum Gasteiger partial charge on any atom is -0.376 e. The Morgan fingerprint density at radius 1 is 1.24 bits per heavy atom. The Kier molecular flexibility index (Phi) is 5.32. The molecule has 4 rings (SSSR count). The van der Waals surface area contributed by atoms with Gasteiger partial charge < -0.3 is 10.1 Å². The summed E-state index contributed by atoms with van der Waals surface area (Å²) in [6, 6.07) is 6.34. The number of rotatable bonds is 5. The largest absolute Gasteiger partial charge is 0.376 e. The first kappa shape index (κ1) is 19.5. The van der Waals surface area contributed by atoms with Crippen molar-refractivity contribution in [3.05, 3.63) is 52.7 Å². The van der Waals surface area contributed by atoms with E-state index in [9.17, 15) is 9.18 Å². The van der Waals surface area contributed by atoms with Crippen molar-refractivity contribution in [2.24, 2.45) is 0 Å². The van der Waals surface area contributed by atoms with E-state index in [1.807, 2.05) is 20.8 Å². The molecular formula is C22H25FN4O2. The molecule has 0 spiro atoms. The molecule has 0 radical (unpaired) electrons. The van der Waals surface area contributed by atoms with Crippen molar-refractivity contribution >= 4 is 11.6 Å². The number of hydrogen-bond donors (Lipinski definition) is 1. The van der Waals surface area contributed by atoms with Gasteiger partial charge in [-0.3, -0.25) is 4.79 Å². The van der Waals surface area contributed by atoms with Crippen molar-refractivity contribution in [2.75, 3.05) is 13.2 Å². The molecular weight excluding hydrogens is 371 g/mol. The predicted octanol–water partition coefficient (Wildman–Crippen LogP) is 3.30. The van der Waals surface area contributed by atoms with E-state index in [1.54, 1.807) is 16.6 Å². The van der Waals surface area contributed by atoms with Crippen LogP contribution < -0.4 is 5.32 Å². The van der Waals surface area contributed by atoms with Crippen molar-refractivity contribution in [1.29, 1.82) is 0 Å². The van der Waals surface area contributed by atoms with E-state index >= 15 is 0 Å². The second-order valence-electron chi connectivity index (χ2n) is 7.58. The number of carbonyl (C=O) groups is 1. The van der Waals surface area contributed by atoms with E-state index in [0.717, 1.165) is 53.2 Å². The number of benzene rings is 1. The van der Waals surface area contributed by atoms with Crippen molar-refractivity contribution in [2.45, 2.75) is 46.1 Å². The van der Waals surface area contributed by atoms with Crippen LogP contribution in [0.15, 0.2) is 24.3 Å². The fourth-order valence-corrected chi connectivity index (χ4v) is 3.93. The van der Waals surface area contributed by atoms with Gasteiger partial charge in [0.2, 0.25) is 5.91 Å². The average Bonchev–Trinajstić information content (AvgIpc) is 3.32. The van der Waals surface area contributed by atoms with Crippen molar-refractivity contribution < 1.29 is 13.9 Å². The Morgan fingerprint density at radius 3 is 2.69 bits per heavy atom. The molecule has 0 saturated carbocycles. The van der Waals surface area contributed by atoms with Crippen molar-refractivity contribution in [3.8, 4) is 11.1 Å². The van der Waals surface area contributed by atoms with Crippen LogP contribution in [0.4, 0.5) is 4.39 Å². The lowest BCUT2D eigenvalue weighted by Crippen LogP contribution is -2.33. The molecule has 1 aliphatic heterocycles. The Balaban J connectivity index is 1.63. The lowest BCUT2D eigenvalue weighted by atomic mass is 10.0. The molecule has 1 saturated heterocycles. The number of carbonyl (C=O) groups excluding carboxylic acids is 1. The topological polar surface area (TPSA) is 68.5 Å². The highest BCUT2D eigenvalue weighted by Crippen LogP contribution is 2.29. The summed E-state index contributed by atoms with van der Waals surface area (Å²) in [4.78, 5) is 17.2. The van der Waals surface area contributed by atoms with Gasteiger partial charge in [0, 0.05) is 35.7 Å². The number of hydrogen-bond acceptors (Lipinski definition) is 4. The summed E-state index contributed by atoms with van der Waals surface area (Å²) in [5.74, 6) is -0.324. The van der Waals surface area contributed by atoms with Crippen LogP contribution >= 0.6 is 0 Å². The molecule has 3 heterocycles. The summed E-state index contributed by atoms with van der Waals surface area (Å²) in [5, 5.41) is 7.60. The number of nitrogens with one attached hydrogen (secondary N) is 1. The van der Waals surface area contributed by atoms with Crippen LogP contribution in [0.3, 0.4) is 0 Å². The SMILES string of the molecule is Cc1nc2c(-c3ccc(F)cc3)c(C)nn2c(C)c1CC(=O)NC[C@@H]1CCCO1. The van der Waals surface area contributed by atoms with E-state index < -0.39 is 0 Å². The number of amides is 1. The van der Waals surface area contributed by atoms with Crippen LogP contribution in [0, 0.1) is 26.6 Å². The lowest BCUT2D eigenvalue weighted by molar-refractivity contribution is -0.121. The lowest BCUT2D eigenvalue weighted by Gasteiger charge is -2.13. The molecule has 6 nitrogen and oxygen atoms in total. The van der Waals surface area contributed by atoms with Gasteiger partial charge in [-0.25, -0.2) is 13.9 Å². The van der Waals surface area contributed by atoms with Crippen molar-refractivity contribution in [1.82, 2.24) is 19.9 Å². The first-order valence-electron chi connectivity index (χ1n) is 9.93. The Bertz CT molecular complexity index is 1050. The second-order valence-corrected chi connectivity index (χ2v) is 7.58. The van der Waals surface area contributed by atoms with Gasteiger partial charge in [-0.1, -0.05) is 12.1 Å². The number of nitrogens with zero attached hydrogens (tertiary/aromatic N) is 3. The molecule has 1 amide bonds. The van der Waals surface area contributed by atoms with Gasteiger partial charge in [-0.05, 0) is 51.3 Å². The highest BCUT2D eigenvalue weighted by Gasteiger charge is 2.20. The zero-order valence-corrected chi connectivity index (χ0v) is 17.0. The summed E-state index contributed by atoms with van der Waals surface area (Å²) in [5.41, 5.74) is 5.83. The maximum Gasteiger partial charge on any atom is 0.224 e. The number of aryl methyl sites for hydroxylation is 3. The molecule has 3 aromatic rings. The van der Waals surface area contributed by atoms with E-state index in [2.05, 4.69) is 10.4 Å². The van der Waals surface area contributed by atoms with E-state index in [0.29, 0.717) is 12.2 Å². The Morgan fingerprint density at radius 2 is 2.00 bits per heavy atom. The highest BCUT2D eigenvalue weighted by molar-refractivity contribution is 5.82. The second kappa shape index (κ2) is 7.91. The van der Waals surface area contributed by atoms with Crippen LogP contribution in [0.2, 0.25) is 0 Å². The third-order valence-electron chi connectivity index (χ3n) is 5.52. The van der Waals surface area contributed by atoms with Crippen LogP contribution in [0.1, 0.15) is 35.5 Å². The van der Waals surface area contributed by atoms with Gasteiger partial charge in [0.15, 0.2) is 5.65 Å². The molecule has 0 unspecified atom stereocenters. The predicted molar refractivity (Wildman–Crippen MR) is 108 cm³/mol. The summed E-state index contributed by atoms with van der Waals surface area (Å²) in [6.07, 6.45) is 2.41. The summed E-state index contributed by atoms with van der Waals surface area (Å²) >= 11 is 0. The molecule has 1 atom stereocenters. The average molecular weight is 396 g/mol. The van der Waals surface area contributed by atoms with Crippen LogP contribution in [-0.2, 0) is 16.0 Å². The fraction of sp³-hybridized carbons (Fsp3) is 0.409. The first-order valence-corrected chi connectivity index (χ1v) is 9.93. The first-order chi connectivity index (χ1) is 13.9. The molecule has 29 heavy (non-hydrogen) atoms. The number of aromatic nitrogens is 3. The normalized spacial score (nSPS) is 16.5. The van der Waals surface area contributed by atoms with E-state index in [1.165, 1.54) is 12.1 Å². The van der Waals surface area contributed by atoms with E-state index in [4.69, 9.17) is 9.72 Å². The third-order valence-corrected chi connectivity index (χ3v) is 5.52. The highest BCUT2D eigenvalue weighted by atomic mass is 19.1. The third kappa shape index (κ3) is 3.87. The Hall–Kier alpha value is -2.80. The minimum absolute atomic E-state index is 0.0458. The number of ether oxygens (including phenoxy) is 1. The zero-order valence-electron chi connectivity index (χ0n) is 17.0. The van der Waals surface area contributed by atoms with Gasteiger partial charge in [-0.15, -0.1) is 0 Å². The summed E-state index contributed by atoms with van der Waals surface area (Å²) in [6.45, 7) is 7.09. The molecule has 1 N–H and O–H groups in total. The molecule has 1 aromatic carbocycles. The monoisotopic (exact) mass is 396 g/mol. The number of halogens is 1. The maximum absolute atomic E-state index is 13.3. The van der Waals surface area contributed by atoms with Crippen LogP contribution in [-0.4, -0.2) is 39.8 Å². The molecule has 7 heteroatoms. The standard InChI is InChI=1S/C22H25FN4O2/c1-13-19(11-20(28)24-12-18-5-4-10-29-18)15(3)27-22(25-13)21(14(2)26-27)16-6-8-17(23)9-7-16/h6-9,18H,4-5,10-12H2,1-3H3,(H,24,28)/t18-/m0/s1. The van der Waals surface area contributed by atoms with Gasteiger partial charge in [-0.2, -0.15) is 5.10 Å². The molecule has 0 bridgehead atoms. The van der Waals surface area contributed by atoms with Gasteiger partial charge >= 0.3 is 0 Å². The maximum atomic E-state index is 13.3. The summed E-state index contributed by atoms with van der Waals surface area (Å²) in [7, 11) is 0. The van der Waals surface area contributed by atoms with Crippen molar-refractivity contribution in [3.63, 3.8) is 0 Å². The quantitative estimate of drug-likeness (QED) is 0.719. The van der Waals surface area contributed by atoms with E-state index in [-0.39, 0.29) is 24.2 Å². The van der Waals surface area contributed by atoms with Crippen LogP contribution in [0.5, 0.6) is 0 Å². The van der Waals surface area contributed by atoms with Crippen LogP contribution in [0.25, 0.3) is 16.8 Å². The Labute approximate surface area is 169 Å². The molecule has 0 aliphatic carbocycles. The van der Waals surface area contributed by atoms with Gasteiger partial charge in [0.05, 0.1) is 18.2 Å². The number of fused-ring (bicyclic) bond motifs is 1. The molecule has 152 valence electrons. The smallest absolute Gasteiger partial charge is 0.224 e.